The molecule has 1 fully saturated rings. The standard InChI is InChI=1S/C18H24N4O2/c1-15-19-7-8-21(15)12-9-20-10-13-22(14-11-20)18(23)16-5-3-4-6-17(16)24-2/h3-8H,9-14H2,1-2H3. The maximum atomic E-state index is 12.7. The Morgan fingerprint density at radius 2 is 1.92 bits per heavy atom. The van der Waals surface area contributed by atoms with Gasteiger partial charge in [0, 0.05) is 51.7 Å². The average Bonchev–Trinajstić information content (AvgIpc) is 3.04. The normalized spacial score (nSPS) is 15.5. The molecule has 1 aromatic carbocycles. The number of aryl methyl sites for hydroxylation is 1. The molecule has 6 heteroatoms. The van der Waals surface area contributed by atoms with Crippen molar-refractivity contribution in [1.82, 2.24) is 19.4 Å². The number of imidazole rings is 1. The number of hydrogen-bond donors (Lipinski definition) is 0. The summed E-state index contributed by atoms with van der Waals surface area (Å²) in [6.45, 7) is 7.23. The van der Waals surface area contributed by atoms with Crippen LogP contribution in [0, 0.1) is 6.92 Å². The highest BCUT2D eigenvalue weighted by atomic mass is 16.5. The summed E-state index contributed by atoms with van der Waals surface area (Å²) in [4.78, 5) is 21.2. The molecule has 0 atom stereocenters. The molecule has 0 bridgehead atoms. The predicted molar refractivity (Wildman–Crippen MR) is 92.3 cm³/mol. The fourth-order valence-electron chi connectivity index (χ4n) is 3.06. The lowest BCUT2D eigenvalue weighted by Crippen LogP contribution is -2.49. The van der Waals surface area contributed by atoms with Crippen LogP contribution in [0.3, 0.4) is 0 Å². The van der Waals surface area contributed by atoms with Crippen molar-refractivity contribution in [3.05, 3.63) is 48.0 Å². The van der Waals surface area contributed by atoms with E-state index in [4.69, 9.17) is 4.74 Å². The van der Waals surface area contributed by atoms with Gasteiger partial charge >= 0.3 is 0 Å². The maximum Gasteiger partial charge on any atom is 0.257 e. The number of aromatic nitrogens is 2. The molecule has 1 aliphatic heterocycles. The van der Waals surface area contributed by atoms with Crippen LogP contribution in [0.5, 0.6) is 5.75 Å². The second kappa shape index (κ2) is 7.49. The van der Waals surface area contributed by atoms with Crippen LogP contribution in [0.4, 0.5) is 0 Å². The van der Waals surface area contributed by atoms with Crippen LogP contribution in [0.15, 0.2) is 36.7 Å². The minimum atomic E-state index is 0.0533. The van der Waals surface area contributed by atoms with E-state index in [0.29, 0.717) is 11.3 Å². The number of ether oxygens (including phenoxy) is 1. The number of nitrogens with zero attached hydrogens (tertiary/aromatic N) is 4. The van der Waals surface area contributed by atoms with Crippen LogP contribution in [0.2, 0.25) is 0 Å². The SMILES string of the molecule is COc1ccccc1C(=O)N1CCN(CCn2ccnc2C)CC1. The molecule has 0 spiro atoms. The van der Waals surface area contributed by atoms with Crippen molar-refractivity contribution in [2.24, 2.45) is 0 Å². The Bertz CT molecular complexity index is 690. The number of piperazine rings is 1. The summed E-state index contributed by atoms with van der Waals surface area (Å²) in [7, 11) is 1.60. The lowest BCUT2D eigenvalue weighted by Gasteiger charge is -2.35. The van der Waals surface area contributed by atoms with Gasteiger partial charge in [0.15, 0.2) is 0 Å². The fourth-order valence-corrected chi connectivity index (χ4v) is 3.06. The Morgan fingerprint density at radius 3 is 2.58 bits per heavy atom. The number of para-hydroxylation sites is 1. The molecular weight excluding hydrogens is 304 g/mol. The first-order chi connectivity index (χ1) is 11.7. The first-order valence-corrected chi connectivity index (χ1v) is 8.31. The monoisotopic (exact) mass is 328 g/mol. The zero-order valence-electron chi connectivity index (χ0n) is 14.3. The molecule has 2 heterocycles. The lowest BCUT2D eigenvalue weighted by atomic mass is 10.1. The van der Waals surface area contributed by atoms with Crippen molar-refractivity contribution in [2.45, 2.75) is 13.5 Å². The summed E-state index contributed by atoms with van der Waals surface area (Å²) in [5.41, 5.74) is 0.641. The number of carbonyl (C=O) groups excluding carboxylic acids is 1. The van der Waals surface area contributed by atoms with Gasteiger partial charge in [0.25, 0.3) is 5.91 Å². The topological polar surface area (TPSA) is 50.6 Å². The molecule has 1 amide bonds. The van der Waals surface area contributed by atoms with E-state index in [2.05, 4.69) is 14.5 Å². The van der Waals surface area contributed by atoms with Gasteiger partial charge in [-0.1, -0.05) is 12.1 Å². The second-order valence-corrected chi connectivity index (χ2v) is 6.00. The number of carbonyl (C=O) groups is 1. The summed E-state index contributed by atoms with van der Waals surface area (Å²) in [6.07, 6.45) is 3.84. The molecule has 128 valence electrons. The third-order valence-electron chi connectivity index (χ3n) is 4.58. The van der Waals surface area contributed by atoms with Crippen molar-refractivity contribution in [2.75, 3.05) is 39.8 Å². The number of rotatable bonds is 5. The third kappa shape index (κ3) is 3.59. The Morgan fingerprint density at radius 1 is 1.17 bits per heavy atom. The molecule has 2 aromatic rings. The maximum absolute atomic E-state index is 12.7. The van der Waals surface area contributed by atoms with Crippen molar-refractivity contribution in [3.63, 3.8) is 0 Å². The minimum Gasteiger partial charge on any atom is -0.496 e. The average molecular weight is 328 g/mol. The number of methoxy groups -OCH3 is 1. The molecule has 1 aromatic heterocycles. The molecule has 0 radical (unpaired) electrons. The molecule has 24 heavy (non-hydrogen) atoms. The third-order valence-corrected chi connectivity index (χ3v) is 4.58. The zero-order chi connectivity index (χ0) is 16.9. The lowest BCUT2D eigenvalue weighted by molar-refractivity contribution is 0.0630. The second-order valence-electron chi connectivity index (χ2n) is 6.00. The van der Waals surface area contributed by atoms with E-state index >= 15 is 0 Å². The Balaban J connectivity index is 1.53. The molecule has 0 N–H and O–H groups in total. The van der Waals surface area contributed by atoms with E-state index in [-0.39, 0.29) is 5.91 Å². The van der Waals surface area contributed by atoms with Crippen LogP contribution in [0.1, 0.15) is 16.2 Å². The smallest absolute Gasteiger partial charge is 0.257 e. The first kappa shape index (κ1) is 16.5. The highest BCUT2D eigenvalue weighted by molar-refractivity contribution is 5.97. The number of hydrogen-bond acceptors (Lipinski definition) is 4. The predicted octanol–water partition coefficient (Wildman–Crippen LogP) is 1.66. The van der Waals surface area contributed by atoms with E-state index in [9.17, 15) is 4.79 Å². The Kier molecular flexibility index (Phi) is 5.15. The van der Waals surface area contributed by atoms with Gasteiger partial charge in [0.05, 0.1) is 12.7 Å². The molecule has 0 unspecified atom stereocenters. The van der Waals surface area contributed by atoms with Gasteiger partial charge in [-0.3, -0.25) is 9.69 Å². The minimum absolute atomic E-state index is 0.0533. The van der Waals surface area contributed by atoms with Crippen LogP contribution < -0.4 is 4.74 Å². The van der Waals surface area contributed by atoms with E-state index in [1.54, 1.807) is 7.11 Å². The van der Waals surface area contributed by atoms with Gasteiger partial charge in [-0.15, -0.1) is 0 Å². The van der Waals surface area contributed by atoms with Gasteiger partial charge in [-0.25, -0.2) is 4.98 Å². The Hall–Kier alpha value is -2.34. The van der Waals surface area contributed by atoms with Gasteiger partial charge in [-0.2, -0.15) is 0 Å². The fraction of sp³-hybridized carbons (Fsp3) is 0.444. The molecular formula is C18H24N4O2. The van der Waals surface area contributed by atoms with Gasteiger partial charge in [0.2, 0.25) is 0 Å². The van der Waals surface area contributed by atoms with Crippen molar-refractivity contribution < 1.29 is 9.53 Å². The summed E-state index contributed by atoms with van der Waals surface area (Å²) < 4.78 is 7.46. The van der Waals surface area contributed by atoms with Crippen LogP contribution in [0.25, 0.3) is 0 Å². The van der Waals surface area contributed by atoms with E-state index in [0.717, 1.165) is 45.1 Å². The van der Waals surface area contributed by atoms with Gasteiger partial charge < -0.3 is 14.2 Å². The van der Waals surface area contributed by atoms with Crippen LogP contribution in [-0.4, -0.2) is 65.1 Å². The van der Waals surface area contributed by atoms with Crippen LogP contribution >= 0.6 is 0 Å². The molecule has 6 nitrogen and oxygen atoms in total. The molecule has 1 saturated heterocycles. The number of benzene rings is 1. The van der Waals surface area contributed by atoms with Crippen molar-refractivity contribution >= 4 is 5.91 Å². The summed E-state index contributed by atoms with van der Waals surface area (Å²) in [5, 5.41) is 0. The van der Waals surface area contributed by atoms with Crippen LogP contribution in [-0.2, 0) is 6.54 Å². The highest BCUT2D eigenvalue weighted by Gasteiger charge is 2.23. The van der Waals surface area contributed by atoms with Crippen molar-refractivity contribution in [1.29, 1.82) is 0 Å². The van der Waals surface area contributed by atoms with Gasteiger partial charge in [-0.05, 0) is 19.1 Å². The largest absolute Gasteiger partial charge is 0.496 e. The Labute approximate surface area is 142 Å². The molecule has 3 rings (SSSR count). The van der Waals surface area contributed by atoms with E-state index < -0.39 is 0 Å². The van der Waals surface area contributed by atoms with E-state index in [1.165, 1.54) is 0 Å². The zero-order valence-corrected chi connectivity index (χ0v) is 14.3. The summed E-state index contributed by atoms with van der Waals surface area (Å²) in [5.74, 6) is 1.73. The van der Waals surface area contributed by atoms with Gasteiger partial charge in [0.1, 0.15) is 11.6 Å². The van der Waals surface area contributed by atoms with E-state index in [1.807, 2.05) is 48.5 Å². The molecule has 0 aliphatic carbocycles. The first-order valence-electron chi connectivity index (χ1n) is 8.31. The summed E-state index contributed by atoms with van der Waals surface area (Å²) in [6, 6.07) is 7.41. The summed E-state index contributed by atoms with van der Waals surface area (Å²) >= 11 is 0. The highest BCUT2D eigenvalue weighted by Crippen LogP contribution is 2.20. The molecule has 0 saturated carbocycles. The van der Waals surface area contributed by atoms with Crippen molar-refractivity contribution in [3.8, 4) is 5.75 Å². The quantitative estimate of drug-likeness (QED) is 0.838. The number of amides is 1. The molecule has 1 aliphatic rings.